The first-order chi connectivity index (χ1) is 14.1. The van der Waals surface area contributed by atoms with E-state index in [1.54, 1.807) is 49.6 Å². The average molecular weight is 417 g/mol. The van der Waals surface area contributed by atoms with Crippen molar-refractivity contribution < 1.29 is 23.5 Å². The molecule has 0 aliphatic heterocycles. The fourth-order valence-electron chi connectivity index (χ4n) is 2.84. The predicted octanol–water partition coefficient (Wildman–Crippen LogP) is 4.66. The van der Waals surface area contributed by atoms with Crippen LogP contribution in [0.5, 0.6) is 11.5 Å². The Kier molecular flexibility index (Phi) is 6.61. The number of benzene rings is 2. The van der Waals surface area contributed by atoms with E-state index in [1.165, 1.54) is 7.11 Å². The zero-order valence-electron chi connectivity index (χ0n) is 16.1. The number of alkyl halides is 1. The number of nitrogens with one attached hydrogen (secondary N) is 2. The fourth-order valence-corrected chi connectivity index (χ4v) is 2.97. The van der Waals surface area contributed by atoms with Crippen molar-refractivity contribution in [2.45, 2.75) is 12.8 Å². The van der Waals surface area contributed by atoms with Gasteiger partial charge in [-0.1, -0.05) is 12.1 Å². The van der Waals surface area contributed by atoms with Crippen molar-refractivity contribution in [3.63, 3.8) is 0 Å². The summed E-state index contributed by atoms with van der Waals surface area (Å²) in [5.41, 5.74) is 1.26. The molecule has 3 rings (SSSR count). The SMILES string of the molecule is COc1ccc(NC(=O)c2oc3ccccc3c2NC(=O)CCCCl)c(OC)c1. The topological polar surface area (TPSA) is 89.8 Å². The van der Waals surface area contributed by atoms with Crippen molar-refractivity contribution in [1.82, 2.24) is 0 Å². The molecule has 2 aromatic carbocycles. The molecule has 29 heavy (non-hydrogen) atoms. The molecule has 2 N–H and O–H groups in total. The first kappa shape index (κ1) is 20.5. The van der Waals surface area contributed by atoms with Gasteiger partial charge in [-0.25, -0.2) is 0 Å². The second kappa shape index (κ2) is 9.34. The second-order valence-electron chi connectivity index (χ2n) is 6.16. The van der Waals surface area contributed by atoms with Crippen molar-refractivity contribution in [3.8, 4) is 11.5 Å². The van der Waals surface area contributed by atoms with Crippen LogP contribution in [-0.2, 0) is 4.79 Å². The van der Waals surface area contributed by atoms with E-state index in [4.69, 9.17) is 25.5 Å². The molecule has 7 nitrogen and oxygen atoms in total. The highest BCUT2D eigenvalue weighted by Gasteiger charge is 2.23. The molecular formula is C21H21ClN2O5. The van der Waals surface area contributed by atoms with Gasteiger partial charge in [0.15, 0.2) is 0 Å². The number of anilines is 2. The lowest BCUT2D eigenvalue weighted by molar-refractivity contribution is -0.116. The molecule has 0 saturated carbocycles. The number of rotatable bonds is 8. The number of fused-ring (bicyclic) bond motifs is 1. The van der Waals surface area contributed by atoms with Gasteiger partial charge in [0.2, 0.25) is 11.7 Å². The molecule has 0 fully saturated rings. The van der Waals surface area contributed by atoms with E-state index in [2.05, 4.69) is 10.6 Å². The van der Waals surface area contributed by atoms with Gasteiger partial charge in [-0.3, -0.25) is 9.59 Å². The second-order valence-corrected chi connectivity index (χ2v) is 6.54. The van der Waals surface area contributed by atoms with Crippen LogP contribution in [0.1, 0.15) is 23.4 Å². The van der Waals surface area contributed by atoms with Crippen LogP contribution in [0, 0.1) is 0 Å². The summed E-state index contributed by atoms with van der Waals surface area (Å²) in [5.74, 6) is 0.649. The van der Waals surface area contributed by atoms with Gasteiger partial charge in [0.25, 0.3) is 5.91 Å². The van der Waals surface area contributed by atoms with Crippen molar-refractivity contribution in [1.29, 1.82) is 0 Å². The van der Waals surface area contributed by atoms with Gasteiger partial charge in [-0.15, -0.1) is 11.6 Å². The maximum Gasteiger partial charge on any atom is 0.293 e. The molecule has 0 atom stereocenters. The summed E-state index contributed by atoms with van der Waals surface area (Å²) < 4.78 is 16.2. The minimum atomic E-state index is -0.516. The molecule has 3 aromatic rings. The fraction of sp³-hybridized carbons (Fsp3) is 0.238. The number of amides is 2. The van der Waals surface area contributed by atoms with Crippen LogP contribution in [0.3, 0.4) is 0 Å². The number of carbonyl (C=O) groups is 2. The van der Waals surface area contributed by atoms with Gasteiger partial charge >= 0.3 is 0 Å². The number of para-hydroxylation sites is 1. The third kappa shape index (κ3) is 4.63. The third-order valence-corrected chi connectivity index (χ3v) is 4.53. The molecule has 152 valence electrons. The number of ether oxygens (including phenoxy) is 2. The Bertz CT molecular complexity index is 1030. The molecule has 0 saturated heterocycles. The van der Waals surface area contributed by atoms with E-state index in [1.807, 2.05) is 0 Å². The molecule has 0 radical (unpaired) electrons. The molecule has 8 heteroatoms. The van der Waals surface area contributed by atoms with Gasteiger partial charge in [-0.2, -0.15) is 0 Å². The summed E-state index contributed by atoms with van der Waals surface area (Å²) in [7, 11) is 3.04. The Hall–Kier alpha value is -3.19. The van der Waals surface area contributed by atoms with Gasteiger partial charge in [-0.05, 0) is 30.7 Å². The van der Waals surface area contributed by atoms with Crippen LogP contribution in [0.25, 0.3) is 11.0 Å². The number of methoxy groups -OCH3 is 2. The quantitative estimate of drug-likeness (QED) is 0.521. The highest BCUT2D eigenvalue weighted by molar-refractivity contribution is 6.18. The van der Waals surface area contributed by atoms with E-state index in [0.29, 0.717) is 46.1 Å². The monoisotopic (exact) mass is 416 g/mol. The zero-order valence-corrected chi connectivity index (χ0v) is 16.8. The summed E-state index contributed by atoms with van der Waals surface area (Å²) in [4.78, 5) is 25.2. The average Bonchev–Trinajstić information content (AvgIpc) is 3.11. The zero-order chi connectivity index (χ0) is 20.8. The standard InChI is InChI=1S/C21H21ClN2O5/c1-27-13-9-10-15(17(12-13)28-2)23-21(26)20-19(24-18(25)8-5-11-22)14-6-3-4-7-16(14)29-20/h3-4,6-7,9-10,12H,5,8,11H2,1-2H3,(H,23,26)(H,24,25). The van der Waals surface area contributed by atoms with Gasteiger partial charge in [0.05, 0.1) is 19.9 Å². The van der Waals surface area contributed by atoms with Crippen LogP contribution < -0.4 is 20.1 Å². The van der Waals surface area contributed by atoms with Crippen LogP contribution in [0.2, 0.25) is 0 Å². The molecule has 0 spiro atoms. The van der Waals surface area contributed by atoms with Gasteiger partial charge in [0, 0.05) is 23.8 Å². The molecule has 0 aliphatic rings. The van der Waals surface area contributed by atoms with Crippen LogP contribution in [0.4, 0.5) is 11.4 Å². The van der Waals surface area contributed by atoms with E-state index in [9.17, 15) is 9.59 Å². The smallest absolute Gasteiger partial charge is 0.293 e. The summed E-state index contributed by atoms with van der Waals surface area (Å²) >= 11 is 5.66. The lowest BCUT2D eigenvalue weighted by Gasteiger charge is -2.11. The number of hydrogen-bond acceptors (Lipinski definition) is 5. The van der Waals surface area contributed by atoms with Crippen molar-refractivity contribution >= 4 is 45.8 Å². The molecule has 1 aromatic heterocycles. The first-order valence-electron chi connectivity index (χ1n) is 8.98. The summed E-state index contributed by atoms with van der Waals surface area (Å²) in [5, 5.41) is 6.18. The van der Waals surface area contributed by atoms with Crippen molar-refractivity contribution in [2.75, 3.05) is 30.7 Å². The Morgan fingerprint density at radius 1 is 1.07 bits per heavy atom. The van der Waals surface area contributed by atoms with E-state index in [0.717, 1.165) is 0 Å². The summed E-state index contributed by atoms with van der Waals surface area (Å²) in [6.07, 6.45) is 0.782. The Morgan fingerprint density at radius 2 is 1.86 bits per heavy atom. The largest absolute Gasteiger partial charge is 0.497 e. The number of hydrogen-bond donors (Lipinski definition) is 2. The Balaban J connectivity index is 1.93. The first-order valence-corrected chi connectivity index (χ1v) is 9.51. The third-order valence-electron chi connectivity index (χ3n) is 4.26. The predicted molar refractivity (Wildman–Crippen MR) is 112 cm³/mol. The minimum absolute atomic E-state index is 0.00305. The highest BCUT2D eigenvalue weighted by atomic mass is 35.5. The maximum absolute atomic E-state index is 13.0. The van der Waals surface area contributed by atoms with Crippen molar-refractivity contribution in [3.05, 3.63) is 48.2 Å². The normalized spacial score (nSPS) is 10.6. The number of furan rings is 1. The Morgan fingerprint density at radius 3 is 2.59 bits per heavy atom. The summed E-state index contributed by atoms with van der Waals surface area (Å²) in [6.45, 7) is 0. The van der Waals surface area contributed by atoms with Crippen molar-refractivity contribution in [2.24, 2.45) is 0 Å². The molecule has 2 amide bonds. The molecular weight excluding hydrogens is 396 g/mol. The molecule has 0 bridgehead atoms. The van der Waals surface area contributed by atoms with Crippen LogP contribution in [0.15, 0.2) is 46.9 Å². The lowest BCUT2D eigenvalue weighted by Crippen LogP contribution is -2.17. The molecule has 1 heterocycles. The maximum atomic E-state index is 13.0. The lowest BCUT2D eigenvalue weighted by atomic mass is 10.2. The van der Waals surface area contributed by atoms with Gasteiger partial charge < -0.3 is 24.5 Å². The Labute approximate surface area is 172 Å². The summed E-state index contributed by atoms with van der Waals surface area (Å²) in [6, 6.07) is 12.1. The van der Waals surface area contributed by atoms with E-state index >= 15 is 0 Å². The van der Waals surface area contributed by atoms with E-state index < -0.39 is 5.91 Å². The molecule has 0 unspecified atom stereocenters. The number of carbonyl (C=O) groups excluding carboxylic acids is 2. The minimum Gasteiger partial charge on any atom is -0.497 e. The number of halogens is 1. The highest BCUT2D eigenvalue weighted by Crippen LogP contribution is 2.34. The van der Waals surface area contributed by atoms with Crippen LogP contribution >= 0.6 is 11.6 Å². The molecule has 0 aliphatic carbocycles. The van der Waals surface area contributed by atoms with Gasteiger partial charge in [0.1, 0.15) is 22.8 Å². The van der Waals surface area contributed by atoms with E-state index in [-0.39, 0.29) is 18.1 Å². The van der Waals surface area contributed by atoms with Crippen LogP contribution in [-0.4, -0.2) is 31.9 Å².